The molecule has 0 aliphatic heterocycles. The molecule has 1 heterocycles. The average Bonchev–Trinajstić information content (AvgIpc) is 1.56. The van der Waals surface area contributed by atoms with E-state index in [2.05, 4.69) is 346 Å². The molecule has 0 radical (unpaired) electrons. The van der Waals surface area contributed by atoms with Gasteiger partial charge in [0, 0.05) is 16.7 Å². The molecule has 18 aromatic rings. The molecule has 0 bridgehead atoms. The van der Waals surface area contributed by atoms with Crippen molar-refractivity contribution in [2.75, 3.05) is 0 Å². The van der Waals surface area contributed by atoms with Gasteiger partial charge >= 0.3 is 0 Å². The summed E-state index contributed by atoms with van der Waals surface area (Å²) in [5.41, 5.74) is 19.0. The summed E-state index contributed by atoms with van der Waals surface area (Å²) in [7, 11) is 0. The van der Waals surface area contributed by atoms with E-state index in [4.69, 9.17) is 15.0 Å². The fraction of sp³-hybridized carbons (Fsp3) is 0.0109. The number of rotatable bonds is 9. The van der Waals surface area contributed by atoms with Crippen LogP contribution < -0.4 is 0 Å². The molecular formula is C92H57N3. The smallest absolute Gasteiger partial charge is 0.164 e. The highest BCUT2D eigenvalue weighted by atomic mass is 15.0. The van der Waals surface area contributed by atoms with Gasteiger partial charge in [-0.3, -0.25) is 0 Å². The molecule has 1 unspecified atom stereocenters. The van der Waals surface area contributed by atoms with Crippen LogP contribution in [-0.2, 0) is 5.41 Å². The molecule has 1 aliphatic rings. The zero-order valence-electron chi connectivity index (χ0n) is 51.8. The van der Waals surface area contributed by atoms with Crippen LogP contribution in [0.15, 0.2) is 346 Å². The van der Waals surface area contributed by atoms with E-state index in [-0.39, 0.29) is 0 Å². The lowest BCUT2D eigenvalue weighted by Gasteiger charge is -2.34. The summed E-state index contributed by atoms with van der Waals surface area (Å²) in [5, 5.41) is 16.6. The highest BCUT2D eigenvalue weighted by Gasteiger charge is 2.46. The molecule has 0 N–H and O–H groups in total. The molecule has 1 aromatic heterocycles. The Morgan fingerprint density at radius 2 is 0.516 bits per heavy atom. The van der Waals surface area contributed by atoms with Crippen molar-refractivity contribution in [1.29, 1.82) is 0 Å². The van der Waals surface area contributed by atoms with Gasteiger partial charge in [0.1, 0.15) is 0 Å². The van der Waals surface area contributed by atoms with E-state index in [1.807, 2.05) is 0 Å². The fourth-order valence-corrected chi connectivity index (χ4v) is 15.4. The molecule has 0 amide bonds. The zero-order valence-corrected chi connectivity index (χ0v) is 51.8. The fourth-order valence-electron chi connectivity index (χ4n) is 15.4. The third-order valence-electron chi connectivity index (χ3n) is 20.1. The van der Waals surface area contributed by atoms with Crippen molar-refractivity contribution in [1.82, 2.24) is 15.0 Å². The summed E-state index contributed by atoms with van der Waals surface area (Å²) >= 11 is 0. The van der Waals surface area contributed by atoms with E-state index in [9.17, 15) is 0 Å². The molecule has 17 aromatic carbocycles. The van der Waals surface area contributed by atoms with E-state index < -0.39 is 5.41 Å². The Morgan fingerprint density at radius 3 is 1.07 bits per heavy atom. The third-order valence-corrected chi connectivity index (χ3v) is 20.1. The topological polar surface area (TPSA) is 38.7 Å². The molecule has 95 heavy (non-hydrogen) atoms. The minimum atomic E-state index is -0.663. The second-order valence-corrected chi connectivity index (χ2v) is 25.4. The Labute approximate surface area is 550 Å². The first-order valence-corrected chi connectivity index (χ1v) is 32.7. The maximum Gasteiger partial charge on any atom is 0.164 e. The van der Waals surface area contributed by atoms with Gasteiger partial charge in [-0.2, -0.15) is 0 Å². The summed E-state index contributed by atoms with van der Waals surface area (Å²) in [5.74, 6) is 1.89. The first-order valence-electron chi connectivity index (χ1n) is 32.7. The van der Waals surface area contributed by atoms with Gasteiger partial charge in [-0.15, -0.1) is 0 Å². The Kier molecular flexibility index (Phi) is 12.5. The van der Waals surface area contributed by atoms with Crippen molar-refractivity contribution in [3.05, 3.63) is 368 Å². The normalized spacial score (nSPS) is 13.5. The van der Waals surface area contributed by atoms with E-state index in [0.29, 0.717) is 17.5 Å². The lowest BCUT2D eigenvalue weighted by atomic mass is 9.67. The van der Waals surface area contributed by atoms with Crippen molar-refractivity contribution in [2.24, 2.45) is 0 Å². The van der Waals surface area contributed by atoms with Crippen LogP contribution in [0.3, 0.4) is 0 Å². The maximum absolute atomic E-state index is 5.31. The Balaban J connectivity index is 0.766. The van der Waals surface area contributed by atoms with Gasteiger partial charge in [-0.1, -0.05) is 279 Å². The quantitative estimate of drug-likeness (QED) is 0.135. The largest absolute Gasteiger partial charge is 0.208 e. The highest BCUT2D eigenvalue weighted by molar-refractivity contribution is 6.26. The molecule has 3 heteroatoms. The van der Waals surface area contributed by atoms with Gasteiger partial charge in [0.2, 0.25) is 0 Å². The molecular weight excluding hydrogens is 1150 g/mol. The van der Waals surface area contributed by atoms with Crippen LogP contribution in [0, 0.1) is 0 Å². The number of benzene rings is 17. The van der Waals surface area contributed by atoms with Crippen molar-refractivity contribution in [3.8, 4) is 89.8 Å². The van der Waals surface area contributed by atoms with Crippen LogP contribution in [0.5, 0.6) is 0 Å². The molecule has 0 fully saturated rings. The Hall–Kier alpha value is -12.4. The number of aromatic nitrogens is 3. The number of hydrogen-bond acceptors (Lipinski definition) is 3. The number of hydrogen-bond donors (Lipinski definition) is 0. The first-order chi connectivity index (χ1) is 47.0. The van der Waals surface area contributed by atoms with E-state index >= 15 is 0 Å². The molecule has 0 spiro atoms. The van der Waals surface area contributed by atoms with E-state index in [0.717, 1.165) is 55.1 Å². The number of fused-ring (bicyclic) bond motifs is 13. The minimum Gasteiger partial charge on any atom is -0.208 e. The monoisotopic (exact) mass is 1200 g/mol. The van der Waals surface area contributed by atoms with Crippen LogP contribution in [0.2, 0.25) is 0 Å². The SMILES string of the molecule is c1ccc(C2(c3cccc(-c4cc(-c5ccc6ccccc6c5)cc(-c5ccc6ccccc6c5)c4)c3)c3ccccc3-c3ccc(-c4ccc5c(c4)c4ccccc4c4ccc(-c6nc(-c7ccc8ccccc8c7)nc(-c7ccc8ccccc8c7)n6)cc45)cc32)cc1. The average molecular weight is 1200 g/mol. The third kappa shape index (κ3) is 9.07. The highest BCUT2D eigenvalue weighted by Crippen LogP contribution is 2.57. The molecule has 1 aliphatic carbocycles. The van der Waals surface area contributed by atoms with Gasteiger partial charge in [0.25, 0.3) is 0 Å². The molecule has 19 rings (SSSR count). The van der Waals surface area contributed by atoms with Crippen molar-refractivity contribution >= 4 is 75.4 Å². The summed E-state index contributed by atoms with van der Waals surface area (Å²) in [6.45, 7) is 0. The van der Waals surface area contributed by atoms with Gasteiger partial charge in [-0.05, 0) is 220 Å². The van der Waals surface area contributed by atoms with Gasteiger partial charge < -0.3 is 0 Å². The predicted octanol–water partition coefficient (Wildman–Crippen LogP) is 24.0. The standard InChI is InChI=1S/C92H57N3/c1-2-26-77(27-3-1)92(78-28-16-25-66(54-78)74-51-75(67-37-33-58-17-4-8-21-62(58)47-67)53-76(52-74)68-38-34-59-18-5-9-22-63(59)48-68)87-32-15-14-31-83(87)84-46-42-70(57-88(84)92)69-41-44-82-85(55-69)80-30-13-12-29-79(80)81-45-43-73(56-86(81)82)91-94-89(71-39-35-60-19-6-10-23-64(60)49-71)93-90(95-91)72-40-36-61-20-7-11-24-65(61)50-72/h1-57H. The van der Waals surface area contributed by atoms with Gasteiger partial charge in [-0.25, -0.2) is 15.0 Å². The molecule has 0 saturated heterocycles. The lowest BCUT2D eigenvalue weighted by Crippen LogP contribution is -2.28. The van der Waals surface area contributed by atoms with Gasteiger partial charge in [0.05, 0.1) is 5.41 Å². The van der Waals surface area contributed by atoms with Gasteiger partial charge in [0.15, 0.2) is 17.5 Å². The molecule has 1 atom stereocenters. The van der Waals surface area contributed by atoms with E-state index in [1.165, 1.54) is 115 Å². The lowest BCUT2D eigenvalue weighted by molar-refractivity contribution is 0.769. The zero-order chi connectivity index (χ0) is 62.6. The summed E-state index contributed by atoms with van der Waals surface area (Å²) in [6.07, 6.45) is 0. The van der Waals surface area contributed by atoms with Crippen LogP contribution in [0.4, 0.5) is 0 Å². The van der Waals surface area contributed by atoms with Crippen LogP contribution in [-0.4, -0.2) is 15.0 Å². The molecule has 0 saturated carbocycles. The second kappa shape index (κ2) is 21.9. The van der Waals surface area contributed by atoms with Crippen molar-refractivity contribution in [3.63, 3.8) is 0 Å². The Morgan fingerprint density at radius 1 is 0.168 bits per heavy atom. The van der Waals surface area contributed by atoms with Crippen LogP contribution in [0.25, 0.3) is 165 Å². The minimum absolute atomic E-state index is 0.623. The number of nitrogens with zero attached hydrogens (tertiary/aromatic N) is 3. The Bertz CT molecular complexity index is 5990. The second-order valence-electron chi connectivity index (χ2n) is 25.4. The predicted molar refractivity (Wildman–Crippen MR) is 398 cm³/mol. The van der Waals surface area contributed by atoms with Crippen molar-refractivity contribution < 1.29 is 0 Å². The first kappa shape index (κ1) is 54.3. The molecule has 440 valence electrons. The summed E-state index contributed by atoms with van der Waals surface area (Å²) in [6, 6.07) is 128. The van der Waals surface area contributed by atoms with E-state index in [1.54, 1.807) is 0 Å². The summed E-state index contributed by atoms with van der Waals surface area (Å²) < 4.78 is 0. The van der Waals surface area contributed by atoms with Crippen LogP contribution in [0.1, 0.15) is 22.3 Å². The van der Waals surface area contributed by atoms with Crippen LogP contribution >= 0.6 is 0 Å². The maximum atomic E-state index is 5.31. The summed E-state index contributed by atoms with van der Waals surface area (Å²) in [4.78, 5) is 15.8. The van der Waals surface area contributed by atoms with Crippen molar-refractivity contribution in [2.45, 2.75) is 5.41 Å². The molecule has 3 nitrogen and oxygen atoms in total.